The Labute approximate surface area is 98.9 Å². The van der Waals surface area contributed by atoms with Crippen LogP contribution in [0, 0.1) is 0 Å². The summed E-state index contributed by atoms with van der Waals surface area (Å²) in [5.41, 5.74) is 6.01. The SMILES string of the molecule is C=c1nc(N)c(C(C)=O)c/c1=C/C(Cl)=C\C. The van der Waals surface area contributed by atoms with Gasteiger partial charge < -0.3 is 5.73 Å². The largest absolute Gasteiger partial charge is 0.383 e. The number of aromatic nitrogens is 1. The fraction of sp³-hybridized carbons (Fsp3) is 0.167. The van der Waals surface area contributed by atoms with Crippen LogP contribution in [-0.4, -0.2) is 10.8 Å². The van der Waals surface area contributed by atoms with Crippen LogP contribution in [0.3, 0.4) is 0 Å². The van der Waals surface area contributed by atoms with Gasteiger partial charge in [0.25, 0.3) is 0 Å². The molecule has 84 valence electrons. The first-order valence-electron chi connectivity index (χ1n) is 4.75. The maximum Gasteiger partial charge on any atom is 0.163 e. The minimum atomic E-state index is -0.128. The monoisotopic (exact) mass is 236 g/mol. The summed E-state index contributed by atoms with van der Waals surface area (Å²) < 4.78 is 0. The van der Waals surface area contributed by atoms with Crippen LogP contribution in [0.5, 0.6) is 0 Å². The Morgan fingerprint density at radius 3 is 2.75 bits per heavy atom. The molecule has 0 aliphatic rings. The van der Waals surface area contributed by atoms with Gasteiger partial charge in [0.2, 0.25) is 0 Å². The van der Waals surface area contributed by atoms with Crippen molar-refractivity contribution >= 4 is 35.9 Å². The molecule has 0 fully saturated rings. The van der Waals surface area contributed by atoms with Gasteiger partial charge >= 0.3 is 0 Å². The zero-order chi connectivity index (χ0) is 12.3. The van der Waals surface area contributed by atoms with Gasteiger partial charge in [0.05, 0.1) is 10.9 Å². The molecule has 0 unspecified atom stereocenters. The van der Waals surface area contributed by atoms with Crippen LogP contribution in [0.15, 0.2) is 17.2 Å². The summed E-state index contributed by atoms with van der Waals surface area (Å²) in [6.07, 6.45) is 3.44. The van der Waals surface area contributed by atoms with Gasteiger partial charge in [-0.15, -0.1) is 0 Å². The van der Waals surface area contributed by atoms with Gasteiger partial charge in [-0.3, -0.25) is 4.79 Å². The average molecular weight is 237 g/mol. The lowest BCUT2D eigenvalue weighted by atomic mass is 10.1. The smallest absolute Gasteiger partial charge is 0.163 e. The van der Waals surface area contributed by atoms with E-state index < -0.39 is 0 Å². The highest BCUT2D eigenvalue weighted by Crippen LogP contribution is 2.05. The number of nitrogens with zero attached hydrogens (tertiary/aromatic N) is 1. The molecule has 4 heteroatoms. The van der Waals surface area contributed by atoms with E-state index in [4.69, 9.17) is 17.3 Å². The van der Waals surface area contributed by atoms with Crippen LogP contribution in [0.2, 0.25) is 0 Å². The van der Waals surface area contributed by atoms with Crippen molar-refractivity contribution in [2.45, 2.75) is 13.8 Å². The first-order valence-corrected chi connectivity index (χ1v) is 5.13. The summed E-state index contributed by atoms with van der Waals surface area (Å²) >= 11 is 5.88. The Morgan fingerprint density at radius 2 is 2.25 bits per heavy atom. The normalized spacial score (nSPS) is 12.9. The third-order valence-electron chi connectivity index (χ3n) is 2.11. The predicted molar refractivity (Wildman–Crippen MR) is 67.5 cm³/mol. The Hall–Kier alpha value is -1.61. The second-order valence-corrected chi connectivity index (χ2v) is 3.77. The van der Waals surface area contributed by atoms with Crippen molar-refractivity contribution in [1.82, 2.24) is 4.98 Å². The third kappa shape index (κ3) is 2.70. The summed E-state index contributed by atoms with van der Waals surface area (Å²) in [5.74, 6) is 0.0718. The van der Waals surface area contributed by atoms with Crippen LogP contribution in [0.1, 0.15) is 24.2 Å². The maximum atomic E-state index is 11.3. The number of carbonyl (C=O) groups excluding carboxylic acids is 1. The molecule has 0 bridgehead atoms. The topological polar surface area (TPSA) is 56.0 Å². The van der Waals surface area contributed by atoms with Gasteiger partial charge in [-0.05, 0) is 26.0 Å². The van der Waals surface area contributed by atoms with Gasteiger partial charge in [-0.1, -0.05) is 24.3 Å². The van der Waals surface area contributed by atoms with Crippen molar-refractivity contribution in [3.05, 3.63) is 33.3 Å². The van der Waals surface area contributed by atoms with Crippen LogP contribution in [-0.2, 0) is 0 Å². The van der Waals surface area contributed by atoms with Gasteiger partial charge in [-0.2, -0.15) is 0 Å². The first kappa shape index (κ1) is 12.5. The summed E-state index contributed by atoms with van der Waals surface area (Å²) in [6, 6.07) is 1.65. The summed E-state index contributed by atoms with van der Waals surface area (Å²) in [5, 5.41) is 1.76. The molecular formula is C12H13ClN2O. The van der Waals surface area contributed by atoms with Crippen LogP contribution in [0.4, 0.5) is 5.82 Å². The number of carbonyl (C=O) groups is 1. The van der Waals surface area contributed by atoms with Crippen molar-refractivity contribution in [2.24, 2.45) is 0 Å². The second kappa shape index (κ2) is 4.94. The zero-order valence-electron chi connectivity index (χ0n) is 9.25. The van der Waals surface area contributed by atoms with E-state index in [1.54, 1.807) is 18.2 Å². The van der Waals surface area contributed by atoms with Crippen LogP contribution in [0.25, 0.3) is 12.7 Å². The number of allylic oxidation sites excluding steroid dienone is 2. The minimum absolute atomic E-state index is 0.128. The number of hydrogen-bond acceptors (Lipinski definition) is 3. The number of hydrogen-bond donors (Lipinski definition) is 1. The molecule has 3 nitrogen and oxygen atoms in total. The second-order valence-electron chi connectivity index (χ2n) is 3.33. The van der Waals surface area contributed by atoms with Crippen molar-refractivity contribution in [3.8, 4) is 0 Å². The van der Waals surface area contributed by atoms with Gasteiger partial charge in [0.15, 0.2) is 5.78 Å². The molecule has 0 spiro atoms. The molecule has 2 N–H and O–H groups in total. The molecule has 1 heterocycles. The fourth-order valence-corrected chi connectivity index (χ4v) is 1.34. The highest BCUT2D eigenvalue weighted by atomic mass is 35.5. The molecule has 0 aliphatic carbocycles. The molecular weight excluding hydrogens is 224 g/mol. The number of ketones is 1. The highest BCUT2D eigenvalue weighted by molar-refractivity contribution is 6.33. The lowest BCUT2D eigenvalue weighted by Gasteiger charge is -2.00. The zero-order valence-corrected chi connectivity index (χ0v) is 10.0. The molecule has 0 aromatic carbocycles. The number of anilines is 1. The summed E-state index contributed by atoms with van der Waals surface area (Å²) in [4.78, 5) is 15.3. The molecule has 0 atom stereocenters. The molecule has 0 saturated carbocycles. The highest BCUT2D eigenvalue weighted by Gasteiger charge is 2.05. The number of nitrogens with two attached hydrogens (primary N) is 1. The fourth-order valence-electron chi connectivity index (χ4n) is 1.22. The van der Waals surface area contributed by atoms with E-state index in [-0.39, 0.29) is 11.6 Å². The van der Waals surface area contributed by atoms with Gasteiger partial charge in [0.1, 0.15) is 5.82 Å². The van der Waals surface area contributed by atoms with E-state index in [1.165, 1.54) is 6.92 Å². The van der Waals surface area contributed by atoms with Gasteiger partial charge in [-0.25, -0.2) is 4.98 Å². The first-order chi connectivity index (χ1) is 7.45. The van der Waals surface area contributed by atoms with Crippen LogP contribution < -0.4 is 16.3 Å². The van der Waals surface area contributed by atoms with E-state index in [1.807, 2.05) is 6.92 Å². The molecule has 0 radical (unpaired) electrons. The molecule has 0 amide bonds. The summed E-state index contributed by atoms with van der Waals surface area (Å²) in [7, 11) is 0. The standard InChI is InChI=1S/C12H13ClN2O/c1-4-10(13)5-9-6-11(8(3)16)12(14)15-7(9)2/h4-6H,2H2,1,3H3,(H2,14,15)/b9-5-,10-4+. The van der Waals surface area contributed by atoms with Crippen molar-refractivity contribution in [2.75, 3.05) is 5.73 Å². The van der Waals surface area contributed by atoms with Crippen molar-refractivity contribution in [1.29, 1.82) is 0 Å². The number of nitrogen functional groups attached to an aromatic ring is 1. The third-order valence-corrected chi connectivity index (χ3v) is 2.44. The van der Waals surface area contributed by atoms with Crippen LogP contribution >= 0.6 is 11.6 Å². The van der Waals surface area contributed by atoms with Crippen molar-refractivity contribution in [3.63, 3.8) is 0 Å². The van der Waals surface area contributed by atoms with E-state index in [0.717, 1.165) is 0 Å². The Kier molecular flexibility index (Phi) is 3.85. The lowest BCUT2D eigenvalue weighted by molar-refractivity contribution is 0.101. The minimum Gasteiger partial charge on any atom is -0.383 e. The van der Waals surface area contributed by atoms with Crippen molar-refractivity contribution < 1.29 is 4.79 Å². The Morgan fingerprint density at radius 1 is 1.62 bits per heavy atom. The molecule has 1 aromatic rings. The van der Waals surface area contributed by atoms with E-state index in [0.29, 0.717) is 21.2 Å². The maximum absolute atomic E-state index is 11.3. The number of pyridine rings is 1. The molecule has 1 aromatic heterocycles. The molecule has 0 saturated heterocycles. The van der Waals surface area contributed by atoms with E-state index in [9.17, 15) is 4.79 Å². The van der Waals surface area contributed by atoms with E-state index in [2.05, 4.69) is 11.6 Å². The number of rotatable bonds is 2. The van der Waals surface area contributed by atoms with Gasteiger partial charge in [0, 0.05) is 10.3 Å². The van der Waals surface area contributed by atoms with E-state index >= 15 is 0 Å². The quantitative estimate of drug-likeness (QED) is 0.785. The Balaban J connectivity index is 3.54. The number of halogens is 1. The predicted octanol–water partition coefficient (Wildman–Crippen LogP) is 1.20. The lowest BCUT2D eigenvalue weighted by Crippen LogP contribution is -2.29. The summed E-state index contributed by atoms with van der Waals surface area (Å²) in [6.45, 7) is 7.01. The molecule has 1 rings (SSSR count). The Bertz CT molecular complexity index is 561. The molecule has 16 heavy (non-hydrogen) atoms. The number of Topliss-reactive ketones (excluding diaryl/α,β-unsaturated/α-hetero) is 1. The average Bonchev–Trinajstić information content (AvgIpc) is 2.21. The molecule has 0 aliphatic heterocycles.